The summed E-state index contributed by atoms with van der Waals surface area (Å²) in [5, 5.41) is 3.68. The largest absolute Gasteiger partial charge is 0.350 e. The van der Waals surface area contributed by atoms with Gasteiger partial charge in [0.25, 0.3) is 0 Å². The van der Waals surface area contributed by atoms with Crippen LogP contribution in [0.3, 0.4) is 0 Å². The van der Waals surface area contributed by atoms with E-state index in [2.05, 4.69) is 29.6 Å². The normalized spacial score (nSPS) is 48.4. The zero-order chi connectivity index (χ0) is 13.7. The Bertz CT molecular complexity index is 385. The van der Waals surface area contributed by atoms with Gasteiger partial charge in [0.1, 0.15) is 0 Å². The molecule has 0 saturated heterocycles. The number of nitrogens with two attached hydrogens (primary N) is 1. The zero-order valence-electron chi connectivity index (χ0n) is 12.6. The highest BCUT2D eigenvalue weighted by Gasteiger charge is 2.60. The molecule has 2 unspecified atom stereocenters. The molecule has 4 saturated carbocycles. The van der Waals surface area contributed by atoms with E-state index in [1.165, 1.54) is 38.5 Å². The molecule has 4 aliphatic rings. The van der Waals surface area contributed by atoms with Crippen molar-refractivity contribution >= 4 is 5.96 Å². The maximum atomic E-state index is 5.61. The second-order valence-electron chi connectivity index (χ2n) is 8.00. The van der Waals surface area contributed by atoms with Crippen molar-refractivity contribution in [3.8, 4) is 0 Å². The minimum absolute atomic E-state index is 0.225. The second kappa shape index (κ2) is 4.11. The molecule has 0 heterocycles. The van der Waals surface area contributed by atoms with Gasteiger partial charge in [0.15, 0.2) is 0 Å². The van der Waals surface area contributed by atoms with E-state index in [0.717, 1.165) is 18.4 Å². The maximum Gasteiger partial charge on any atom is 0.206 e. The molecule has 4 N–H and O–H groups in total. The number of nitrogens with zero attached hydrogens (tertiary/aromatic N) is 1. The Morgan fingerprint density at radius 2 is 1.79 bits per heavy atom. The summed E-state index contributed by atoms with van der Waals surface area (Å²) in [5.41, 5.74) is 4.01. The van der Waals surface area contributed by atoms with Crippen LogP contribution in [0.1, 0.15) is 59.3 Å². The predicted octanol–water partition coefficient (Wildman–Crippen LogP) is 2.16. The third-order valence-electron chi connectivity index (χ3n) is 5.46. The van der Waals surface area contributed by atoms with Crippen molar-refractivity contribution in [2.24, 2.45) is 27.6 Å². The van der Waals surface area contributed by atoms with Crippen LogP contribution < -0.4 is 16.6 Å². The van der Waals surface area contributed by atoms with Crippen LogP contribution in [0.15, 0.2) is 4.99 Å². The molecular weight excluding hydrogens is 236 g/mol. The minimum atomic E-state index is 0.225. The van der Waals surface area contributed by atoms with Crippen molar-refractivity contribution in [2.75, 3.05) is 6.54 Å². The smallest absolute Gasteiger partial charge is 0.206 e. The fourth-order valence-electron chi connectivity index (χ4n) is 6.12. The summed E-state index contributed by atoms with van der Waals surface area (Å²) in [6.45, 7) is 7.78. The van der Waals surface area contributed by atoms with Crippen LogP contribution in [-0.4, -0.2) is 18.0 Å². The zero-order valence-corrected chi connectivity index (χ0v) is 12.6. The number of aliphatic imine (C=N–C) groups is 1. The van der Waals surface area contributed by atoms with Gasteiger partial charge in [-0.15, -0.1) is 0 Å². The van der Waals surface area contributed by atoms with Crippen molar-refractivity contribution in [1.29, 1.82) is 0 Å². The van der Waals surface area contributed by atoms with Gasteiger partial charge >= 0.3 is 0 Å². The van der Waals surface area contributed by atoms with Crippen LogP contribution in [0, 0.1) is 16.7 Å². The Morgan fingerprint density at radius 3 is 2.26 bits per heavy atom. The lowest BCUT2D eigenvalue weighted by atomic mass is 9.43. The van der Waals surface area contributed by atoms with Gasteiger partial charge in [-0.3, -0.25) is 10.4 Å². The van der Waals surface area contributed by atoms with E-state index in [1.54, 1.807) is 0 Å². The number of rotatable bonds is 2. The van der Waals surface area contributed by atoms with Crippen molar-refractivity contribution in [3.05, 3.63) is 0 Å². The standard InChI is InChI=1S/C15H28N4/c1-4-17-12(19-16)18-15-7-11-5-13(2,9-15)8-14(3,6-11)10-15/h11H,4-10,16H2,1-3H3,(H2,17,18,19). The number of hydrazine groups is 1. The molecule has 19 heavy (non-hydrogen) atoms. The number of hydrogen-bond donors (Lipinski definition) is 3. The molecule has 0 spiro atoms. The van der Waals surface area contributed by atoms with Crippen LogP contribution in [0.5, 0.6) is 0 Å². The lowest BCUT2D eigenvalue weighted by molar-refractivity contribution is -0.112. The molecule has 2 atom stereocenters. The van der Waals surface area contributed by atoms with Gasteiger partial charge in [0, 0.05) is 12.1 Å². The molecule has 4 nitrogen and oxygen atoms in total. The molecule has 0 radical (unpaired) electrons. The lowest BCUT2D eigenvalue weighted by Gasteiger charge is -2.65. The van der Waals surface area contributed by atoms with E-state index < -0.39 is 0 Å². The van der Waals surface area contributed by atoms with Crippen LogP contribution in [0.2, 0.25) is 0 Å². The molecule has 0 amide bonds. The van der Waals surface area contributed by atoms with Gasteiger partial charge in [-0.1, -0.05) is 13.8 Å². The summed E-state index contributed by atoms with van der Waals surface area (Å²) in [4.78, 5) is 4.43. The van der Waals surface area contributed by atoms with Crippen LogP contribution in [-0.2, 0) is 0 Å². The van der Waals surface area contributed by atoms with E-state index in [-0.39, 0.29) is 5.54 Å². The molecule has 0 aromatic carbocycles. The Kier molecular flexibility index (Phi) is 2.86. The van der Waals surface area contributed by atoms with E-state index >= 15 is 0 Å². The molecule has 0 aromatic rings. The highest BCUT2D eigenvalue weighted by Crippen LogP contribution is 2.66. The molecular formula is C15H28N4. The summed E-state index contributed by atoms with van der Waals surface area (Å²) in [7, 11) is 0. The topological polar surface area (TPSA) is 62.4 Å². The number of hydrogen-bond acceptors (Lipinski definition) is 2. The van der Waals surface area contributed by atoms with Gasteiger partial charge in [-0.05, 0) is 62.2 Å². The molecule has 4 heteroatoms. The van der Waals surface area contributed by atoms with Gasteiger partial charge in [-0.25, -0.2) is 5.84 Å². The van der Waals surface area contributed by atoms with Crippen molar-refractivity contribution in [3.63, 3.8) is 0 Å². The molecule has 4 bridgehead atoms. The molecule has 4 aliphatic carbocycles. The first-order valence-corrected chi connectivity index (χ1v) is 7.69. The minimum Gasteiger partial charge on any atom is -0.350 e. The first kappa shape index (κ1) is 13.2. The van der Waals surface area contributed by atoms with E-state index in [4.69, 9.17) is 5.84 Å². The van der Waals surface area contributed by atoms with Crippen LogP contribution in [0.25, 0.3) is 0 Å². The first-order valence-electron chi connectivity index (χ1n) is 7.69. The monoisotopic (exact) mass is 264 g/mol. The maximum absolute atomic E-state index is 5.61. The van der Waals surface area contributed by atoms with Crippen LogP contribution >= 0.6 is 0 Å². The number of guanidine groups is 1. The molecule has 4 rings (SSSR count). The fraction of sp³-hybridized carbons (Fsp3) is 0.933. The van der Waals surface area contributed by atoms with E-state index in [9.17, 15) is 0 Å². The highest BCUT2D eigenvalue weighted by atomic mass is 15.3. The summed E-state index contributed by atoms with van der Waals surface area (Å²) in [5.74, 6) is 7.27. The summed E-state index contributed by atoms with van der Waals surface area (Å²) in [6.07, 6.45) is 8.08. The Balaban J connectivity index is 1.86. The fourth-order valence-corrected chi connectivity index (χ4v) is 6.12. The highest BCUT2D eigenvalue weighted by molar-refractivity contribution is 5.80. The predicted molar refractivity (Wildman–Crippen MR) is 78.6 cm³/mol. The third kappa shape index (κ3) is 2.24. The summed E-state index contributed by atoms with van der Waals surface area (Å²) < 4.78 is 0. The molecule has 4 fully saturated rings. The second-order valence-corrected chi connectivity index (χ2v) is 8.00. The third-order valence-corrected chi connectivity index (χ3v) is 5.46. The average molecular weight is 264 g/mol. The van der Waals surface area contributed by atoms with Crippen molar-refractivity contribution < 1.29 is 0 Å². The first-order chi connectivity index (χ1) is 8.90. The molecule has 0 aromatic heterocycles. The Morgan fingerprint density at radius 1 is 1.16 bits per heavy atom. The quantitative estimate of drug-likeness (QED) is 0.310. The Hall–Kier alpha value is -0.770. The Labute approximate surface area is 116 Å². The van der Waals surface area contributed by atoms with E-state index in [1.807, 2.05) is 6.92 Å². The SMILES string of the molecule is CCN=C(NN)NC12CC3CC(C)(CC(C)(C3)C1)C2. The lowest BCUT2D eigenvalue weighted by Crippen LogP contribution is -2.66. The number of nitrogens with one attached hydrogen (secondary N) is 2. The average Bonchev–Trinajstić information content (AvgIpc) is 2.22. The molecule has 0 aliphatic heterocycles. The van der Waals surface area contributed by atoms with Crippen LogP contribution in [0.4, 0.5) is 0 Å². The van der Waals surface area contributed by atoms with Gasteiger partial charge in [0.05, 0.1) is 0 Å². The summed E-state index contributed by atoms with van der Waals surface area (Å²) in [6, 6.07) is 0. The van der Waals surface area contributed by atoms with Crippen molar-refractivity contribution in [1.82, 2.24) is 10.7 Å². The van der Waals surface area contributed by atoms with Crippen molar-refractivity contribution in [2.45, 2.75) is 64.8 Å². The van der Waals surface area contributed by atoms with Gasteiger partial charge in [0.2, 0.25) is 5.96 Å². The van der Waals surface area contributed by atoms with Gasteiger partial charge in [-0.2, -0.15) is 0 Å². The van der Waals surface area contributed by atoms with E-state index in [0.29, 0.717) is 10.8 Å². The summed E-state index contributed by atoms with van der Waals surface area (Å²) >= 11 is 0. The van der Waals surface area contributed by atoms with Gasteiger partial charge < -0.3 is 5.32 Å². The molecule has 108 valence electrons.